The summed E-state index contributed by atoms with van der Waals surface area (Å²) >= 11 is 0. The number of hydrogen-bond donors (Lipinski definition) is 2. The monoisotopic (exact) mass is 279 g/mol. The van der Waals surface area contributed by atoms with E-state index in [-0.39, 0.29) is 11.6 Å². The van der Waals surface area contributed by atoms with E-state index in [1.165, 1.54) is 12.1 Å². The second-order valence-corrected chi connectivity index (χ2v) is 5.26. The third kappa shape index (κ3) is 4.53. The van der Waals surface area contributed by atoms with E-state index in [1.54, 1.807) is 13.0 Å². The Bertz CT molecular complexity index is 500. The van der Waals surface area contributed by atoms with Crippen molar-refractivity contribution in [2.45, 2.75) is 33.7 Å². The van der Waals surface area contributed by atoms with Crippen molar-refractivity contribution in [3.05, 3.63) is 33.9 Å². The van der Waals surface area contributed by atoms with Gasteiger partial charge in [0, 0.05) is 24.4 Å². The Labute approximate surface area is 118 Å². The summed E-state index contributed by atoms with van der Waals surface area (Å²) < 4.78 is 0. The van der Waals surface area contributed by atoms with Gasteiger partial charge in [0.15, 0.2) is 0 Å². The van der Waals surface area contributed by atoms with Crippen molar-refractivity contribution in [3.63, 3.8) is 0 Å². The van der Waals surface area contributed by atoms with E-state index in [4.69, 9.17) is 0 Å². The zero-order valence-corrected chi connectivity index (χ0v) is 12.3. The Balaban J connectivity index is 2.74. The molecule has 1 unspecified atom stereocenters. The number of non-ortho nitro benzene ring substituents is 1. The Morgan fingerprint density at radius 1 is 1.35 bits per heavy atom. The molecule has 2 N–H and O–H groups in total. The molecule has 0 heterocycles. The highest BCUT2D eigenvalue weighted by atomic mass is 16.6. The van der Waals surface area contributed by atoms with Crippen LogP contribution in [-0.4, -0.2) is 23.4 Å². The number of amides is 1. The van der Waals surface area contributed by atoms with Gasteiger partial charge in [-0.05, 0) is 25.3 Å². The van der Waals surface area contributed by atoms with E-state index in [9.17, 15) is 14.9 Å². The first-order valence-corrected chi connectivity index (χ1v) is 6.60. The predicted molar refractivity (Wildman–Crippen MR) is 78.8 cm³/mol. The fourth-order valence-corrected chi connectivity index (χ4v) is 1.64. The quantitative estimate of drug-likeness (QED) is 0.619. The summed E-state index contributed by atoms with van der Waals surface area (Å²) in [7, 11) is 0. The number of nitro benzene ring substituents is 1. The first-order valence-electron chi connectivity index (χ1n) is 6.60. The second-order valence-electron chi connectivity index (χ2n) is 5.26. The number of benzene rings is 1. The van der Waals surface area contributed by atoms with Crippen molar-refractivity contribution in [2.75, 3.05) is 11.9 Å². The van der Waals surface area contributed by atoms with Gasteiger partial charge in [0.1, 0.15) is 6.04 Å². The van der Waals surface area contributed by atoms with Gasteiger partial charge < -0.3 is 10.6 Å². The van der Waals surface area contributed by atoms with Gasteiger partial charge in [0.2, 0.25) is 5.91 Å². The number of hydrogen-bond acceptors (Lipinski definition) is 4. The summed E-state index contributed by atoms with van der Waals surface area (Å²) in [4.78, 5) is 22.2. The Morgan fingerprint density at radius 2 is 2.00 bits per heavy atom. The highest BCUT2D eigenvalue weighted by molar-refractivity contribution is 5.84. The molecule has 0 spiro atoms. The van der Waals surface area contributed by atoms with Gasteiger partial charge >= 0.3 is 0 Å². The van der Waals surface area contributed by atoms with Gasteiger partial charge in [-0.15, -0.1) is 0 Å². The summed E-state index contributed by atoms with van der Waals surface area (Å²) in [5.41, 5.74) is 1.47. The zero-order chi connectivity index (χ0) is 15.3. The molecule has 20 heavy (non-hydrogen) atoms. The van der Waals surface area contributed by atoms with Gasteiger partial charge in [-0.25, -0.2) is 0 Å². The number of aryl methyl sites for hydroxylation is 1. The molecule has 1 aromatic rings. The Hall–Kier alpha value is -2.11. The smallest absolute Gasteiger partial charge is 0.271 e. The van der Waals surface area contributed by atoms with Crippen LogP contribution in [0.15, 0.2) is 18.2 Å². The summed E-state index contributed by atoms with van der Waals surface area (Å²) in [6.07, 6.45) is 0. The third-order valence-electron chi connectivity index (χ3n) is 2.88. The molecule has 0 fully saturated rings. The van der Waals surface area contributed by atoms with Crippen molar-refractivity contribution >= 4 is 17.3 Å². The lowest BCUT2D eigenvalue weighted by Crippen LogP contribution is -2.39. The molecule has 0 aliphatic heterocycles. The van der Waals surface area contributed by atoms with Gasteiger partial charge in [0.25, 0.3) is 5.69 Å². The first kappa shape index (κ1) is 15.9. The SMILES string of the molecule is Cc1ccc([N+](=O)[O-])cc1NC(C)C(=O)NCC(C)C. The fourth-order valence-electron chi connectivity index (χ4n) is 1.64. The normalized spacial score (nSPS) is 12.1. The number of nitrogens with zero attached hydrogens (tertiary/aromatic N) is 1. The van der Waals surface area contributed by atoms with E-state index < -0.39 is 11.0 Å². The van der Waals surface area contributed by atoms with E-state index in [0.717, 1.165) is 5.56 Å². The number of nitro groups is 1. The molecule has 1 amide bonds. The average Bonchev–Trinajstić information content (AvgIpc) is 2.37. The summed E-state index contributed by atoms with van der Waals surface area (Å²) in [5.74, 6) is 0.260. The van der Waals surface area contributed by atoms with Crippen molar-refractivity contribution in [1.29, 1.82) is 0 Å². The van der Waals surface area contributed by atoms with Gasteiger partial charge in [-0.2, -0.15) is 0 Å². The van der Waals surface area contributed by atoms with Crippen LogP contribution in [0.1, 0.15) is 26.3 Å². The minimum absolute atomic E-state index is 0.00730. The lowest BCUT2D eigenvalue weighted by atomic mass is 10.1. The molecule has 0 saturated carbocycles. The molecule has 1 aromatic carbocycles. The molecule has 0 aromatic heterocycles. The Morgan fingerprint density at radius 3 is 2.55 bits per heavy atom. The fraction of sp³-hybridized carbons (Fsp3) is 0.500. The predicted octanol–water partition coefficient (Wildman–Crippen LogP) is 2.48. The van der Waals surface area contributed by atoms with Gasteiger partial charge in [0.05, 0.1) is 4.92 Å². The minimum atomic E-state index is -0.450. The number of carbonyl (C=O) groups excluding carboxylic acids is 1. The zero-order valence-electron chi connectivity index (χ0n) is 12.3. The minimum Gasteiger partial charge on any atom is -0.373 e. The molecular formula is C14H21N3O3. The van der Waals surface area contributed by atoms with Crippen LogP contribution in [0.5, 0.6) is 0 Å². The summed E-state index contributed by atoms with van der Waals surface area (Å²) in [6, 6.07) is 4.11. The highest BCUT2D eigenvalue weighted by Gasteiger charge is 2.15. The van der Waals surface area contributed by atoms with E-state index >= 15 is 0 Å². The van der Waals surface area contributed by atoms with Crippen LogP contribution in [0.25, 0.3) is 0 Å². The van der Waals surface area contributed by atoms with Crippen LogP contribution < -0.4 is 10.6 Å². The lowest BCUT2D eigenvalue weighted by molar-refractivity contribution is -0.384. The van der Waals surface area contributed by atoms with Gasteiger partial charge in [-0.3, -0.25) is 14.9 Å². The molecule has 0 bridgehead atoms. The van der Waals surface area contributed by atoms with Crippen molar-refractivity contribution in [2.24, 2.45) is 5.92 Å². The van der Waals surface area contributed by atoms with Crippen LogP contribution in [0.3, 0.4) is 0 Å². The van der Waals surface area contributed by atoms with Crippen LogP contribution in [-0.2, 0) is 4.79 Å². The second kappa shape index (κ2) is 6.88. The van der Waals surface area contributed by atoms with Crippen molar-refractivity contribution < 1.29 is 9.72 Å². The molecule has 1 atom stereocenters. The molecule has 0 aliphatic rings. The van der Waals surface area contributed by atoms with E-state index in [2.05, 4.69) is 10.6 Å². The summed E-state index contributed by atoms with van der Waals surface area (Å²) in [6.45, 7) is 8.21. The highest BCUT2D eigenvalue weighted by Crippen LogP contribution is 2.22. The molecule has 110 valence electrons. The van der Waals surface area contributed by atoms with E-state index in [1.807, 2.05) is 20.8 Å². The molecule has 6 nitrogen and oxygen atoms in total. The standard InChI is InChI=1S/C14H21N3O3/c1-9(2)8-15-14(18)11(4)16-13-7-12(17(19)20)6-5-10(13)3/h5-7,9,11,16H,8H2,1-4H3,(H,15,18). The maximum absolute atomic E-state index is 11.9. The molecular weight excluding hydrogens is 258 g/mol. The topological polar surface area (TPSA) is 84.3 Å². The van der Waals surface area contributed by atoms with Crippen LogP contribution >= 0.6 is 0 Å². The van der Waals surface area contributed by atoms with Crippen LogP contribution in [0.2, 0.25) is 0 Å². The van der Waals surface area contributed by atoms with Crippen molar-refractivity contribution in [3.8, 4) is 0 Å². The third-order valence-corrected chi connectivity index (χ3v) is 2.88. The number of nitrogens with one attached hydrogen (secondary N) is 2. The van der Waals surface area contributed by atoms with Crippen LogP contribution in [0, 0.1) is 23.0 Å². The molecule has 6 heteroatoms. The Kier molecular flexibility index (Phi) is 5.49. The largest absolute Gasteiger partial charge is 0.373 e. The van der Waals surface area contributed by atoms with Gasteiger partial charge in [-0.1, -0.05) is 19.9 Å². The lowest BCUT2D eigenvalue weighted by Gasteiger charge is -2.17. The number of carbonyl (C=O) groups is 1. The maximum Gasteiger partial charge on any atom is 0.271 e. The maximum atomic E-state index is 11.9. The average molecular weight is 279 g/mol. The molecule has 0 aliphatic carbocycles. The summed E-state index contributed by atoms with van der Waals surface area (Å²) in [5, 5.41) is 16.6. The van der Waals surface area contributed by atoms with E-state index in [0.29, 0.717) is 18.2 Å². The van der Waals surface area contributed by atoms with Crippen molar-refractivity contribution in [1.82, 2.24) is 5.32 Å². The van der Waals surface area contributed by atoms with Crippen LogP contribution in [0.4, 0.5) is 11.4 Å². The number of rotatable bonds is 6. The molecule has 0 saturated heterocycles. The first-order chi connectivity index (χ1) is 9.31. The number of anilines is 1. The molecule has 1 rings (SSSR count). The molecule has 0 radical (unpaired) electrons.